The van der Waals surface area contributed by atoms with Crippen LogP contribution in [-0.2, 0) is 11.2 Å². The molecule has 4 heteroatoms. The summed E-state index contributed by atoms with van der Waals surface area (Å²) < 4.78 is 0. The van der Waals surface area contributed by atoms with Crippen molar-refractivity contribution < 1.29 is 9.59 Å². The Morgan fingerprint density at radius 3 is 2.75 bits per heavy atom. The number of benzene rings is 1. The standard InChI is InChI=1S/C16H22N2O2/c1-2-3-5-12-7-9-13(10-8-12)15(19)18-14-6-4-11-17-16(14)20/h7-10,14H,2-6,11H2,1H3,(H,17,20)(H,18,19)/t14-/m1/s1. The van der Waals surface area contributed by atoms with Gasteiger partial charge in [0.1, 0.15) is 6.04 Å². The largest absolute Gasteiger partial charge is 0.354 e. The van der Waals surface area contributed by atoms with Gasteiger partial charge in [0.2, 0.25) is 5.91 Å². The molecule has 0 saturated carbocycles. The second-order valence-electron chi connectivity index (χ2n) is 5.26. The number of amides is 2. The molecule has 0 radical (unpaired) electrons. The Hall–Kier alpha value is -1.84. The highest BCUT2D eigenvalue weighted by atomic mass is 16.2. The molecule has 1 fully saturated rings. The van der Waals surface area contributed by atoms with Crippen LogP contribution in [0.5, 0.6) is 0 Å². The lowest BCUT2D eigenvalue weighted by Crippen LogP contribution is -2.50. The summed E-state index contributed by atoms with van der Waals surface area (Å²) in [5, 5.41) is 5.56. The molecule has 1 saturated heterocycles. The minimum Gasteiger partial charge on any atom is -0.354 e. The van der Waals surface area contributed by atoms with Crippen molar-refractivity contribution in [3.63, 3.8) is 0 Å². The lowest BCUT2D eigenvalue weighted by molar-refractivity contribution is -0.124. The maximum Gasteiger partial charge on any atom is 0.251 e. The zero-order valence-corrected chi connectivity index (χ0v) is 11.9. The van der Waals surface area contributed by atoms with Gasteiger partial charge in [-0.25, -0.2) is 0 Å². The molecule has 4 nitrogen and oxygen atoms in total. The molecule has 2 rings (SSSR count). The average molecular weight is 274 g/mol. The van der Waals surface area contributed by atoms with Crippen LogP contribution < -0.4 is 10.6 Å². The number of carbonyl (C=O) groups is 2. The Bertz CT molecular complexity index is 468. The van der Waals surface area contributed by atoms with E-state index in [0.717, 1.165) is 19.3 Å². The highest BCUT2D eigenvalue weighted by Crippen LogP contribution is 2.09. The molecule has 108 valence electrons. The SMILES string of the molecule is CCCCc1ccc(C(=O)N[C@@H]2CCCNC2=O)cc1. The van der Waals surface area contributed by atoms with Crippen LogP contribution in [0.25, 0.3) is 0 Å². The number of nitrogens with one attached hydrogen (secondary N) is 2. The molecule has 1 aliphatic heterocycles. The van der Waals surface area contributed by atoms with Crippen LogP contribution in [0.4, 0.5) is 0 Å². The molecule has 2 N–H and O–H groups in total. The highest BCUT2D eigenvalue weighted by Gasteiger charge is 2.23. The Balaban J connectivity index is 1.93. The van der Waals surface area contributed by atoms with E-state index in [1.165, 1.54) is 12.0 Å². The minimum atomic E-state index is -0.393. The van der Waals surface area contributed by atoms with Gasteiger partial charge in [-0.3, -0.25) is 9.59 Å². The molecule has 1 atom stereocenters. The zero-order valence-electron chi connectivity index (χ0n) is 11.9. The summed E-state index contributed by atoms with van der Waals surface area (Å²) in [5.41, 5.74) is 1.86. The Morgan fingerprint density at radius 1 is 1.35 bits per heavy atom. The molecule has 0 unspecified atom stereocenters. The highest BCUT2D eigenvalue weighted by molar-refractivity contribution is 5.97. The molecule has 1 aliphatic rings. The zero-order chi connectivity index (χ0) is 14.4. The average Bonchev–Trinajstić information content (AvgIpc) is 2.48. The molecule has 20 heavy (non-hydrogen) atoms. The normalized spacial score (nSPS) is 18.4. The number of hydrogen-bond donors (Lipinski definition) is 2. The Morgan fingerprint density at radius 2 is 2.10 bits per heavy atom. The first-order chi connectivity index (χ1) is 9.70. The summed E-state index contributed by atoms with van der Waals surface area (Å²) in [7, 11) is 0. The van der Waals surface area contributed by atoms with Gasteiger partial charge in [-0.05, 0) is 43.4 Å². The van der Waals surface area contributed by atoms with Gasteiger partial charge in [-0.2, -0.15) is 0 Å². The molecule has 1 aromatic rings. The van der Waals surface area contributed by atoms with Gasteiger partial charge in [0, 0.05) is 12.1 Å². The smallest absolute Gasteiger partial charge is 0.251 e. The molecule has 1 heterocycles. The van der Waals surface area contributed by atoms with Crippen LogP contribution in [0, 0.1) is 0 Å². The lowest BCUT2D eigenvalue weighted by atomic mass is 10.0. The molecule has 0 aliphatic carbocycles. The van der Waals surface area contributed by atoms with Crippen LogP contribution in [-0.4, -0.2) is 24.4 Å². The topological polar surface area (TPSA) is 58.2 Å². The fourth-order valence-corrected chi connectivity index (χ4v) is 2.36. The molecule has 0 spiro atoms. The first-order valence-electron chi connectivity index (χ1n) is 7.38. The number of rotatable bonds is 5. The van der Waals surface area contributed by atoms with E-state index in [2.05, 4.69) is 17.6 Å². The van der Waals surface area contributed by atoms with Crippen LogP contribution in [0.3, 0.4) is 0 Å². The number of unbranched alkanes of at least 4 members (excludes halogenated alkanes) is 1. The van der Waals surface area contributed by atoms with Gasteiger partial charge in [0.25, 0.3) is 5.91 Å². The summed E-state index contributed by atoms with van der Waals surface area (Å²) in [6.45, 7) is 2.87. The van der Waals surface area contributed by atoms with Gasteiger partial charge in [-0.15, -0.1) is 0 Å². The fraction of sp³-hybridized carbons (Fsp3) is 0.500. The molecule has 0 aromatic heterocycles. The van der Waals surface area contributed by atoms with Gasteiger partial charge < -0.3 is 10.6 Å². The third-order valence-corrected chi connectivity index (χ3v) is 3.63. The second kappa shape index (κ2) is 7.08. The predicted molar refractivity (Wildman–Crippen MR) is 78.6 cm³/mol. The van der Waals surface area contributed by atoms with E-state index < -0.39 is 6.04 Å². The fourth-order valence-electron chi connectivity index (χ4n) is 2.36. The number of aryl methyl sites for hydroxylation is 1. The molecular formula is C16H22N2O2. The minimum absolute atomic E-state index is 0.0795. The summed E-state index contributed by atoms with van der Waals surface area (Å²) in [5.74, 6) is -0.252. The van der Waals surface area contributed by atoms with Gasteiger partial charge >= 0.3 is 0 Å². The number of hydrogen-bond acceptors (Lipinski definition) is 2. The van der Waals surface area contributed by atoms with E-state index in [-0.39, 0.29) is 11.8 Å². The summed E-state index contributed by atoms with van der Waals surface area (Å²) in [6, 6.07) is 7.26. The Labute approximate surface area is 119 Å². The quantitative estimate of drug-likeness (QED) is 0.863. The third-order valence-electron chi connectivity index (χ3n) is 3.63. The van der Waals surface area contributed by atoms with Crippen molar-refractivity contribution in [2.75, 3.05) is 6.54 Å². The number of carbonyl (C=O) groups excluding carboxylic acids is 2. The first-order valence-corrected chi connectivity index (χ1v) is 7.38. The van der Waals surface area contributed by atoms with E-state index in [1.807, 2.05) is 24.3 Å². The van der Waals surface area contributed by atoms with Gasteiger partial charge in [-0.1, -0.05) is 25.5 Å². The first kappa shape index (κ1) is 14.6. The monoisotopic (exact) mass is 274 g/mol. The van der Waals surface area contributed by atoms with Crippen molar-refractivity contribution in [3.8, 4) is 0 Å². The van der Waals surface area contributed by atoms with Crippen LogP contribution in [0.2, 0.25) is 0 Å². The van der Waals surface area contributed by atoms with E-state index in [9.17, 15) is 9.59 Å². The van der Waals surface area contributed by atoms with E-state index >= 15 is 0 Å². The van der Waals surface area contributed by atoms with Crippen molar-refractivity contribution in [1.29, 1.82) is 0 Å². The number of piperidine rings is 1. The van der Waals surface area contributed by atoms with Crippen molar-refractivity contribution in [2.45, 2.75) is 45.1 Å². The van der Waals surface area contributed by atoms with Crippen molar-refractivity contribution in [1.82, 2.24) is 10.6 Å². The van der Waals surface area contributed by atoms with Crippen molar-refractivity contribution >= 4 is 11.8 Å². The maximum absolute atomic E-state index is 12.1. The van der Waals surface area contributed by atoms with E-state index in [0.29, 0.717) is 18.5 Å². The van der Waals surface area contributed by atoms with Crippen molar-refractivity contribution in [2.24, 2.45) is 0 Å². The van der Waals surface area contributed by atoms with Gasteiger partial charge in [0.05, 0.1) is 0 Å². The van der Waals surface area contributed by atoms with Crippen LogP contribution in [0.1, 0.15) is 48.5 Å². The molecule has 0 bridgehead atoms. The molecule has 1 aromatic carbocycles. The van der Waals surface area contributed by atoms with E-state index in [4.69, 9.17) is 0 Å². The summed E-state index contributed by atoms with van der Waals surface area (Å²) in [6.07, 6.45) is 5.00. The molecular weight excluding hydrogens is 252 g/mol. The third kappa shape index (κ3) is 3.83. The lowest BCUT2D eigenvalue weighted by Gasteiger charge is -2.22. The summed E-state index contributed by atoms with van der Waals surface area (Å²) in [4.78, 5) is 23.7. The molecule has 2 amide bonds. The van der Waals surface area contributed by atoms with Gasteiger partial charge in [0.15, 0.2) is 0 Å². The van der Waals surface area contributed by atoms with Crippen LogP contribution in [0.15, 0.2) is 24.3 Å². The van der Waals surface area contributed by atoms with E-state index in [1.54, 1.807) is 0 Å². The van der Waals surface area contributed by atoms with Crippen molar-refractivity contribution in [3.05, 3.63) is 35.4 Å². The van der Waals surface area contributed by atoms with Crippen LogP contribution >= 0.6 is 0 Å². The summed E-state index contributed by atoms with van der Waals surface area (Å²) >= 11 is 0. The second-order valence-corrected chi connectivity index (χ2v) is 5.26. The Kier molecular flexibility index (Phi) is 5.16. The maximum atomic E-state index is 12.1. The predicted octanol–water partition coefficient (Wildman–Crippen LogP) is 2.04.